The van der Waals surface area contributed by atoms with Gasteiger partial charge in [-0.3, -0.25) is 4.79 Å². The molecule has 0 saturated carbocycles. The zero-order valence-electron chi connectivity index (χ0n) is 8.04. The van der Waals surface area contributed by atoms with Crippen LogP contribution in [0.1, 0.15) is 13.8 Å². The van der Waals surface area contributed by atoms with Gasteiger partial charge in [-0.15, -0.1) is 0 Å². The topological polar surface area (TPSA) is 63.1 Å². The van der Waals surface area contributed by atoms with Crippen LogP contribution in [0.3, 0.4) is 0 Å². The molecule has 1 aromatic heterocycles. The third kappa shape index (κ3) is 2.99. The van der Waals surface area contributed by atoms with Crippen LogP contribution < -0.4 is 0 Å². The standard InChI is InChI=1S/C9H12N2O2S/c1-6(2)8(9(12)13)14-7-3-4-10-5-11-7/h3-6,8H,1-2H3,(H,12,13). The molecule has 0 saturated heterocycles. The first-order chi connectivity index (χ1) is 6.61. The van der Waals surface area contributed by atoms with Crippen LogP contribution >= 0.6 is 11.8 Å². The molecule has 0 fully saturated rings. The van der Waals surface area contributed by atoms with Crippen molar-refractivity contribution in [2.45, 2.75) is 24.1 Å². The Kier molecular flexibility index (Phi) is 3.88. The second-order valence-electron chi connectivity index (χ2n) is 3.17. The van der Waals surface area contributed by atoms with Crippen LogP contribution in [0, 0.1) is 5.92 Å². The average molecular weight is 212 g/mol. The lowest BCUT2D eigenvalue weighted by Crippen LogP contribution is -2.22. The first-order valence-corrected chi connectivity index (χ1v) is 5.14. The molecule has 1 heterocycles. The fourth-order valence-corrected chi connectivity index (χ4v) is 1.83. The summed E-state index contributed by atoms with van der Waals surface area (Å²) in [6, 6.07) is 1.71. The van der Waals surface area contributed by atoms with Crippen LogP contribution in [-0.4, -0.2) is 26.3 Å². The molecule has 1 atom stereocenters. The summed E-state index contributed by atoms with van der Waals surface area (Å²) in [5.74, 6) is -0.726. The molecule has 0 spiro atoms. The number of carboxylic acids is 1. The quantitative estimate of drug-likeness (QED) is 0.607. The maximum Gasteiger partial charge on any atom is 0.317 e. The molecule has 0 aromatic carbocycles. The van der Waals surface area contributed by atoms with E-state index in [0.717, 1.165) is 0 Å². The number of aromatic nitrogens is 2. The van der Waals surface area contributed by atoms with Gasteiger partial charge in [-0.05, 0) is 12.0 Å². The predicted molar refractivity (Wildman–Crippen MR) is 54.2 cm³/mol. The first kappa shape index (κ1) is 11.0. The highest BCUT2D eigenvalue weighted by Gasteiger charge is 2.22. The van der Waals surface area contributed by atoms with Crippen LogP contribution in [0.15, 0.2) is 23.6 Å². The van der Waals surface area contributed by atoms with E-state index < -0.39 is 11.2 Å². The summed E-state index contributed by atoms with van der Waals surface area (Å²) >= 11 is 1.25. The molecular weight excluding hydrogens is 200 g/mol. The summed E-state index contributed by atoms with van der Waals surface area (Å²) in [6.07, 6.45) is 3.02. The van der Waals surface area contributed by atoms with Crippen molar-refractivity contribution in [3.05, 3.63) is 18.6 Å². The molecule has 5 heteroatoms. The molecule has 0 aliphatic carbocycles. The van der Waals surface area contributed by atoms with Crippen LogP contribution in [0.4, 0.5) is 0 Å². The van der Waals surface area contributed by atoms with Gasteiger partial charge in [-0.25, -0.2) is 9.97 Å². The van der Waals surface area contributed by atoms with E-state index in [0.29, 0.717) is 5.03 Å². The third-order valence-corrected chi connectivity index (χ3v) is 3.13. The Balaban J connectivity index is 2.70. The minimum atomic E-state index is -0.802. The smallest absolute Gasteiger partial charge is 0.317 e. The number of rotatable bonds is 4. The molecule has 0 radical (unpaired) electrons. The fourth-order valence-electron chi connectivity index (χ4n) is 0.950. The number of aliphatic carboxylic acids is 1. The number of carbonyl (C=O) groups is 1. The summed E-state index contributed by atoms with van der Waals surface area (Å²) in [7, 11) is 0. The van der Waals surface area contributed by atoms with Crippen molar-refractivity contribution < 1.29 is 9.90 Å². The van der Waals surface area contributed by atoms with Gasteiger partial charge in [0.25, 0.3) is 0 Å². The highest BCUT2D eigenvalue weighted by molar-refractivity contribution is 8.00. The van der Waals surface area contributed by atoms with Crippen molar-refractivity contribution in [2.75, 3.05) is 0 Å². The molecule has 76 valence electrons. The van der Waals surface area contributed by atoms with Crippen molar-refractivity contribution in [1.29, 1.82) is 0 Å². The van der Waals surface area contributed by atoms with Crippen molar-refractivity contribution in [1.82, 2.24) is 9.97 Å². The van der Waals surface area contributed by atoms with Gasteiger partial charge in [0.05, 0.1) is 0 Å². The molecule has 0 amide bonds. The van der Waals surface area contributed by atoms with Crippen LogP contribution in [-0.2, 0) is 4.79 Å². The van der Waals surface area contributed by atoms with Crippen LogP contribution in [0.5, 0.6) is 0 Å². The van der Waals surface area contributed by atoms with Crippen molar-refractivity contribution in [3.8, 4) is 0 Å². The molecule has 1 unspecified atom stereocenters. The number of nitrogens with zero attached hydrogens (tertiary/aromatic N) is 2. The Bertz CT molecular complexity index is 303. The number of carboxylic acid groups (broad SMARTS) is 1. The summed E-state index contributed by atoms with van der Waals surface area (Å²) in [5.41, 5.74) is 0. The number of thioether (sulfide) groups is 1. The van der Waals surface area contributed by atoms with Gasteiger partial charge in [0, 0.05) is 6.20 Å². The van der Waals surface area contributed by atoms with Gasteiger partial charge >= 0.3 is 5.97 Å². The molecule has 0 aliphatic rings. The Morgan fingerprint density at radius 1 is 1.57 bits per heavy atom. The second-order valence-corrected chi connectivity index (χ2v) is 4.33. The monoisotopic (exact) mass is 212 g/mol. The second kappa shape index (κ2) is 4.95. The van der Waals surface area contributed by atoms with E-state index in [-0.39, 0.29) is 5.92 Å². The van der Waals surface area contributed by atoms with Gasteiger partial charge in [0.2, 0.25) is 0 Å². The van der Waals surface area contributed by atoms with Crippen LogP contribution in [0.2, 0.25) is 0 Å². The molecule has 14 heavy (non-hydrogen) atoms. The Morgan fingerprint density at radius 3 is 2.71 bits per heavy atom. The van der Waals surface area contributed by atoms with Gasteiger partial charge in [0.1, 0.15) is 16.6 Å². The Labute approximate surface area is 86.8 Å². The van der Waals surface area contributed by atoms with Gasteiger partial charge in [-0.1, -0.05) is 25.6 Å². The highest BCUT2D eigenvalue weighted by atomic mass is 32.2. The molecule has 4 nitrogen and oxygen atoms in total. The van der Waals surface area contributed by atoms with Crippen LogP contribution in [0.25, 0.3) is 0 Å². The minimum Gasteiger partial charge on any atom is -0.480 e. The minimum absolute atomic E-state index is 0.0764. The van der Waals surface area contributed by atoms with Crippen molar-refractivity contribution >= 4 is 17.7 Å². The molecule has 0 aliphatic heterocycles. The Hall–Kier alpha value is -1.10. The summed E-state index contributed by atoms with van der Waals surface area (Å²) in [5, 5.41) is 9.18. The van der Waals surface area contributed by atoms with E-state index >= 15 is 0 Å². The largest absolute Gasteiger partial charge is 0.480 e. The van der Waals surface area contributed by atoms with Gasteiger partial charge < -0.3 is 5.11 Å². The average Bonchev–Trinajstić information content (AvgIpc) is 2.15. The summed E-state index contributed by atoms with van der Waals surface area (Å²) < 4.78 is 0. The number of hydrogen-bond donors (Lipinski definition) is 1. The van der Waals surface area contributed by atoms with E-state index in [4.69, 9.17) is 5.11 Å². The van der Waals surface area contributed by atoms with E-state index in [2.05, 4.69) is 9.97 Å². The van der Waals surface area contributed by atoms with E-state index in [1.165, 1.54) is 18.1 Å². The van der Waals surface area contributed by atoms with E-state index in [1.807, 2.05) is 13.8 Å². The Morgan fingerprint density at radius 2 is 2.29 bits per heavy atom. The molecule has 0 bridgehead atoms. The zero-order valence-corrected chi connectivity index (χ0v) is 8.86. The summed E-state index contributed by atoms with van der Waals surface area (Å²) in [4.78, 5) is 18.6. The highest BCUT2D eigenvalue weighted by Crippen LogP contribution is 2.25. The molecule has 1 aromatic rings. The van der Waals surface area contributed by atoms with Crippen molar-refractivity contribution in [3.63, 3.8) is 0 Å². The summed E-state index contributed by atoms with van der Waals surface area (Å²) in [6.45, 7) is 3.76. The predicted octanol–water partition coefficient (Wildman–Crippen LogP) is 1.68. The molecular formula is C9H12N2O2S. The number of hydrogen-bond acceptors (Lipinski definition) is 4. The fraction of sp³-hybridized carbons (Fsp3) is 0.444. The lowest BCUT2D eigenvalue weighted by atomic mass is 10.1. The normalized spacial score (nSPS) is 12.8. The first-order valence-electron chi connectivity index (χ1n) is 4.26. The molecule has 1 N–H and O–H groups in total. The lowest BCUT2D eigenvalue weighted by Gasteiger charge is -2.14. The third-order valence-electron chi connectivity index (χ3n) is 1.65. The van der Waals surface area contributed by atoms with Crippen molar-refractivity contribution in [2.24, 2.45) is 5.92 Å². The maximum atomic E-state index is 10.9. The van der Waals surface area contributed by atoms with Gasteiger partial charge in [0.15, 0.2) is 0 Å². The SMILES string of the molecule is CC(C)C(Sc1ccncn1)C(=O)O. The maximum absolute atomic E-state index is 10.9. The lowest BCUT2D eigenvalue weighted by molar-refractivity contribution is -0.137. The zero-order chi connectivity index (χ0) is 10.6. The van der Waals surface area contributed by atoms with E-state index in [1.54, 1.807) is 12.3 Å². The van der Waals surface area contributed by atoms with Gasteiger partial charge in [-0.2, -0.15) is 0 Å². The van der Waals surface area contributed by atoms with E-state index in [9.17, 15) is 4.79 Å². The molecule has 1 rings (SSSR count).